The van der Waals surface area contributed by atoms with Crippen LogP contribution in [0.3, 0.4) is 0 Å². The van der Waals surface area contributed by atoms with Crippen LogP contribution in [0, 0.1) is 3.57 Å². The zero-order valence-corrected chi connectivity index (χ0v) is 18.7. The van der Waals surface area contributed by atoms with E-state index in [2.05, 4.69) is 54.1 Å². The molecule has 3 aromatic heterocycles. The summed E-state index contributed by atoms with van der Waals surface area (Å²) in [6.07, 6.45) is -1.41. The van der Waals surface area contributed by atoms with Crippen molar-refractivity contribution in [2.24, 2.45) is 0 Å². The van der Waals surface area contributed by atoms with E-state index in [0.29, 0.717) is 29.2 Å². The Morgan fingerprint density at radius 1 is 1.19 bits per heavy atom. The van der Waals surface area contributed by atoms with E-state index in [1.807, 2.05) is 18.2 Å². The molecule has 1 aliphatic rings. The average Bonchev–Trinajstić information content (AvgIpc) is 3.47. The van der Waals surface area contributed by atoms with Crippen LogP contribution in [-0.2, 0) is 11.3 Å². The molecule has 0 unspecified atom stereocenters. The lowest BCUT2D eigenvalue weighted by Gasteiger charge is -2.16. The second-order valence-corrected chi connectivity index (χ2v) is 8.59. The van der Waals surface area contributed by atoms with E-state index in [1.54, 1.807) is 6.07 Å². The summed E-state index contributed by atoms with van der Waals surface area (Å²) < 4.78 is 13.3. The summed E-state index contributed by atoms with van der Waals surface area (Å²) in [7, 11) is 0. The number of halogens is 2. The number of aliphatic hydroxyl groups excluding tert-OH is 2. The minimum atomic E-state index is -1.24. The van der Waals surface area contributed by atoms with Crippen LogP contribution in [0.15, 0.2) is 47.4 Å². The topological polar surface area (TPSA) is 131 Å². The lowest BCUT2D eigenvalue weighted by Crippen LogP contribution is -2.29. The maximum Gasteiger partial charge on any atom is 0.226 e. The lowest BCUT2D eigenvalue weighted by molar-refractivity contribution is -0.0377. The summed E-state index contributed by atoms with van der Waals surface area (Å²) in [5.74, 6) is 0.452. The first kappa shape index (κ1) is 20.6. The Balaban J connectivity index is 1.46. The van der Waals surface area contributed by atoms with E-state index in [-0.39, 0.29) is 5.28 Å². The van der Waals surface area contributed by atoms with Crippen LogP contribution in [0.2, 0.25) is 5.28 Å². The Bertz CT molecular complexity index is 1220. The van der Waals surface area contributed by atoms with Gasteiger partial charge in [-0.1, -0.05) is 17.3 Å². The Morgan fingerprint density at radius 2 is 2.06 bits per heavy atom. The van der Waals surface area contributed by atoms with Gasteiger partial charge in [-0.15, -0.1) is 0 Å². The number of anilines is 1. The fraction of sp³-hybridized carbons (Fsp3) is 0.263. The molecule has 10 nitrogen and oxygen atoms in total. The molecule has 3 N–H and O–H groups in total. The maximum atomic E-state index is 10.6. The molecular formula is C19H16ClIN6O4. The van der Waals surface area contributed by atoms with Crippen molar-refractivity contribution in [2.45, 2.75) is 31.1 Å². The standard InChI is InChI=1S/C19H16ClIN6O4/c20-19-24-16(22-7-9-2-1-3-10(21)6-9)12-17(25-19)27(8-23-12)18-14(29)13(28)15(31-18)11-4-5-30-26-11/h1-6,8,13-15,18,28-29H,7H2,(H,22,24,25)/t13-,14+,15+,18+/m0/s1. The first-order valence-electron chi connectivity index (χ1n) is 9.31. The molecule has 0 radical (unpaired) electrons. The maximum absolute atomic E-state index is 10.6. The second-order valence-electron chi connectivity index (χ2n) is 7.00. The Morgan fingerprint density at radius 3 is 2.84 bits per heavy atom. The number of ether oxygens (including phenoxy) is 1. The van der Waals surface area contributed by atoms with E-state index in [4.69, 9.17) is 20.9 Å². The van der Waals surface area contributed by atoms with Crippen LogP contribution < -0.4 is 5.32 Å². The normalized spacial score (nSPS) is 23.5. The average molecular weight is 555 g/mol. The summed E-state index contributed by atoms with van der Waals surface area (Å²) in [5.41, 5.74) is 2.28. The molecular weight excluding hydrogens is 539 g/mol. The molecule has 0 saturated carbocycles. The summed E-state index contributed by atoms with van der Waals surface area (Å²) in [6.45, 7) is 0.516. The molecule has 0 amide bonds. The van der Waals surface area contributed by atoms with Crippen LogP contribution in [0.5, 0.6) is 0 Å². The molecule has 160 valence electrons. The summed E-state index contributed by atoms with van der Waals surface area (Å²) >= 11 is 8.42. The molecule has 1 aliphatic heterocycles. The van der Waals surface area contributed by atoms with Gasteiger partial charge < -0.3 is 24.8 Å². The summed E-state index contributed by atoms with van der Waals surface area (Å²) in [5, 5.41) is 28.1. The van der Waals surface area contributed by atoms with E-state index in [0.717, 1.165) is 9.13 Å². The third-order valence-electron chi connectivity index (χ3n) is 5.00. The largest absolute Gasteiger partial charge is 0.387 e. The van der Waals surface area contributed by atoms with Crippen molar-refractivity contribution in [2.75, 3.05) is 5.32 Å². The highest BCUT2D eigenvalue weighted by Gasteiger charge is 2.46. The SMILES string of the molecule is O[C@@H]1[C@H](O)[C@@H](c2ccon2)O[C@H]1n1cnc2c(NCc3cccc(I)c3)nc(Cl)nc21. The molecule has 0 bridgehead atoms. The number of rotatable bonds is 5. The van der Waals surface area contributed by atoms with Crippen molar-refractivity contribution >= 4 is 51.2 Å². The number of hydrogen-bond acceptors (Lipinski definition) is 9. The van der Waals surface area contributed by atoms with Crippen molar-refractivity contribution in [1.82, 2.24) is 24.7 Å². The van der Waals surface area contributed by atoms with Crippen LogP contribution >= 0.6 is 34.2 Å². The number of imidazole rings is 1. The van der Waals surface area contributed by atoms with E-state index in [1.165, 1.54) is 17.2 Å². The first-order chi connectivity index (χ1) is 15.0. The molecule has 4 aromatic rings. The minimum Gasteiger partial charge on any atom is -0.387 e. The number of aromatic nitrogens is 5. The van der Waals surface area contributed by atoms with Gasteiger partial charge in [0.1, 0.15) is 30.3 Å². The smallest absolute Gasteiger partial charge is 0.226 e. The number of hydrogen-bond donors (Lipinski definition) is 3. The van der Waals surface area contributed by atoms with Gasteiger partial charge in [0.05, 0.1) is 6.33 Å². The van der Waals surface area contributed by atoms with Gasteiger partial charge in [-0.25, -0.2) is 4.98 Å². The molecule has 5 rings (SSSR count). The highest BCUT2D eigenvalue weighted by molar-refractivity contribution is 14.1. The fourth-order valence-corrected chi connectivity index (χ4v) is 4.31. The van der Waals surface area contributed by atoms with Gasteiger partial charge in [0, 0.05) is 16.2 Å². The van der Waals surface area contributed by atoms with Crippen LogP contribution in [-0.4, -0.2) is 47.1 Å². The third-order valence-corrected chi connectivity index (χ3v) is 5.84. The van der Waals surface area contributed by atoms with Crippen LogP contribution in [0.4, 0.5) is 5.82 Å². The van der Waals surface area contributed by atoms with Gasteiger partial charge >= 0.3 is 0 Å². The van der Waals surface area contributed by atoms with Crippen molar-refractivity contribution in [1.29, 1.82) is 0 Å². The molecule has 4 heterocycles. The zero-order valence-electron chi connectivity index (χ0n) is 15.8. The highest BCUT2D eigenvalue weighted by Crippen LogP contribution is 2.39. The van der Waals surface area contributed by atoms with Gasteiger partial charge in [0.15, 0.2) is 23.2 Å². The van der Waals surface area contributed by atoms with Gasteiger partial charge in [0.2, 0.25) is 5.28 Å². The van der Waals surface area contributed by atoms with E-state index < -0.39 is 24.5 Å². The predicted octanol–water partition coefficient (Wildman–Crippen LogP) is 2.68. The summed E-state index contributed by atoms with van der Waals surface area (Å²) in [4.78, 5) is 12.9. The van der Waals surface area contributed by atoms with Crippen molar-refractivity contribution in [3.8, 4) is 0 Å². The lowest BCUT2D eigenvalue weighted by atomic mass is 10.1. The molecule has 12 heteroatoms. The van der Waals surface area contributed by atoms with E-state index in [9.17, 15) is 10.2 Å². The van der Waals surface area contributed by atoms with Gasteiger partial charge in [-0.3, -0.25) is 4.57 Å². The van der Waals surface area contributed by atoms with Crippen molar-refractivity contribution in [3.63, 3.8) is 0 Å². The zero-order chi connectivity index (χ0) is 21.5. The molecule has 0 aliphatic carbocycles. The number of benzene rings is 1. The van der Waals surface area contributed by atoms with Crippen LogP contribution in [0.1, 0.15) is 23.6 Å². The highest BCUT2D eigenvalue weighted by atomic mass is 127. The molecule has 0 spiro atoms. The number of fused-ring (bicyclic) bond motifs is 1. The molecule has 1 fully saturated rings. The van der Waals surface area contributed by atoms with Crippen molar-refractivity contribution in [3.05, 3.63) is 63.0 Å². The van der Waals surface area contributed by atoms with Crippen LogP contribution in [0.25, 0.3) is 11.2 Å². The van der Waals surface area contributed by atoms with Gasteiger partial charge in [-0.05, 0) is 51.9 Å². The molecule has 1 aromatic carbocycles. The molecule has 31 heavy (non-hydrogen) atoms. The number of nitrogens with one attached hydrogen (secondary N) is 1. The van der Waals surface area contributed by atoms with Gasteiger partial charge in [0.25, 0.3) is 0 Å². The van der Waals surface area contributed by atoms with Gasteiger partial charge in [-0.2, -0.15) is 9.97 Å². The minimum absolute atomic E-state index is 0.0143. The Labute approximate surface area is 194 Å². The first-order valence-corrected chi connectivity index (χ1v) is 10.8. The Kier molecular flexibility index (Phi) is 5.52. The molecule has 4 atom stereocenters. The predicted molar refractivity (Wildman–Crippen MR) is 118 cm³/mol. The number of nitrogens with zero attached hydrogens (tertiary/aromatic N) is 5. The monoisotopic (exact) mass is 554 g/mol. The van der Waals surface area contributed by atoms with Crippen molar-refractivity contribution < 1.29 is 19.5 Å². The van der Waals surface area contributed by atoms with E-state index >= 15 is 0 Å². The molecule has 1 saturated heterocycles. The third kappa shape index (κ3) is 3.87. The summed E-state index contributed by atoms with van der Waals surface area (Å²) in [6, 6.07) is 9.62. The second kappa shape index (κ2) is 8.31. The number of aliphatic hydroxyl groups is 2. The Hall–Kier alpha value is -2.32. The quantitative estimate of drug-likeness (QED) is 0.252. The fourth-order valence-electron chi connectivity index (χ4n) is 3.53.